The Labute approximate surface area is 125 Å². The fourth-order valence-corrected chi connectivity index (χ4v) is 2.34. The summed E-state index contributed by atoms with van der Waals surface area (Å²) in [6.07, 6.45) is 0. The maximum atomic E-state index is 11.8. The number of benzene rings is 1. The van der Waals surface area contributed by atoms with Crippen LogP contribution >= 0.6 is 0 Å². The average Bonchev–Trinajstić information content (AvgIpc) is 2.51. The van der Waals surface area contributed by atoms with Gasteiger partial charge in [0.15, 0.2) is 0 Å². The molecule has 0 saturated carbocycles. The van der Waals surface area contributed by atoms with Gasteiger partial charge in [0.2, 0.25) is 5.91 Å². The number of carbonyl (C=O) groups excluding carboxylic acids is 1. The molecule has 0 radical (unpaired) electrons. The smallest absolute Gasteiger partial charge is 0.239 e. The summed E-state index contributed by atoms with van der Waals surface area (Å²) in [4.78, 5) is 18.4. The highest BCUT2D eigenvalue weighted by Gasteiger charge is 2.13. The van der Waals surface area contributed by atoms with Crippen molar-refractivity contribution in [2.45, 2.75) is 20.4 Å². The van der Waals surface area contributed by atoms with Gasteiger partial charge in [-0.1, -0.05) is 18.2 Å². The minimum atomic E-state index is 0.00334. The molecule has 1 heterocycles. The Kier molecular flexibility index (Phi) is 5.11. The predicted octanol–water partition coefficient (Wildman–Crippen LogP) is 1.66. The second-order valence-electron chi connectivity index (χ2n) is 4.83. The first-order valence-electron chi connectivity index (χ1n) is 7.30. The number of pyridine rings is 1. The Bertz CT molecular complexity index is 627. The first kappa shape index (κ1) is 15.3. The predicted molar refractivity (Wildman–Crippen MR) is 86.2 cm³/mol. The van der Waals surface area contributed by atoms with Crippen molar-refractivity contribution in [1.29, 1.82) is 0 Å². The molecule has 2 aromatic rings. The van der Waals surface area contributed by atoms with E-state index >= 15 is 0 Å². The molecule has 5 heteroatoms. The Morgan fingerprint density at radius 3 is 2.76 bits per heavy atom. The van der Waals surface area contributed by atoms with Crippen molar-refractivity contribution >= 4 is 22.6 Å². The summed E-state index contributed by atoms with van der Waals surface area (Å²) in [6.45, 7) is 6.03. The summed E-state index contributed by atoms with van der Waals surface area (Å²) >= 11 is 0. The lowest BCUT2D eigenvalue weighted by Gasteiger charge is -2.22. The first-order chi connectivity index (χ1) is 10.2. The van der Waals surface area contributed by atoms with Gasteiger partial charge in [0.25, 0.3) is 0 Å². The number of carbonyl (C=O) groups is 1. The molecule has 0 atom stereocenters. The fraction of sp³-hybridized carbons (Fsp3) is 0.375. The molecule has 0 unspecified atom stereocenters. The van der Waals surface area contributed by atoms with Gasteiger partial charge in [0, 0.05) is 25.0 Å². The second kappa shape index (κ2) is 7.04. The number of anilines is 1. The van der Waals surface area contributed by atoms with Gasteiger partial charge >= 0.3 is 0 Å². The zero-order valence-corrected chi connectivity index (χ0v) is 12.6. The van der Waals surface area contributed by atoms with Gasteiger partial charge in [0.1, 0.15) is 5.82 Å². The molecule has 3 N–H and O–H groups in total. The summed E-state index contributed by atoms with van der Waals surface area (Å²) in [5.74, 6) is 0.798. The van der Waals surface area contributed by atoms with E-state index in [2.05, 4.69) is 10.3 Å². The van der Waals surface area contributed by atoms with E-state index in [1.54, 1.807) is 0 Å². The second-order valence-corrected chi connectivity index (χ2v) is 4.83. The molecule has 0 spiro atoms. The molecule has 0 fully saturated rings. The Hall–Kier alpha value is -2.14. The van der Waals surface area contributed by atoms with Crippen molar-refractivity contribution in [2.24, 2.45) is 5.73 Å². The molecule has 112 valence electrons. The van der Waals surface area contributed by atoms with E-state index in [4.69, 9.17) is 5.73 Å². The van der Waals surface area contributed by atoms with Gasteiger partial charge in [-0.3, -0.25) is 4.79 Å². The summed E-state index contributed by atoms with van der Waals surface area (Å²) < 4.78 is 0. The minimum absolute atomic E-state index is 0.00334. The molecular weight excluding hydrogens is 264 g/mol. The van der Waals surface area contributed by atoms with E-state index in [1.807, 2.05) is 49.1 Å². The molecule has 1 aromatic carbocycles. The number of hydrogen-bond acceptors (Lipinski definition) is 4. The van der Waals surface area contributed by atoms with Gasteiger partial charge in [0.05, 0.1) is 12.1 Å². The van der Waals surface area contributed by atoms with Crippen molar-refractivity contribution in [3.8, 4) is 0 Å². The van der Waals surface area contributed by atoms with Crippen LogP contribution < -0.4 is 16.0 Å². The number of nitrogens with zero attached hydrogens (tertiary/aromatic N) is 2. The van der Waals surface area contributed by atoms with Crippen molar-refractivity contribution in [1.82, 2.24) is 10.3 Å². The van der Waals surface area contributed by atoms with Crippen LogP contribution in [0.2, 0.25) is 0 Å². The number of aromatic nitrogens is 1. The number of fused-ring (bicyclic) bond motifs is 1. The molecular formula is C16H22N4O. The molecule has 1 amide bonds. The zero-order valence-electron chi connectivity index (χ0n) is 12.6. The normalized spacial score (nSPS) is 10.6. The standard InChI is InChI=1S/C16H22N4O/c1-3-18-16(21)11-20(4-2)15-9-12(10-17)13-7-5-6-8-14(13)19-15/h5-9H,3-4,10-11,17H2,1-2H3,(H,18,21). The quantitative estimate of drug-likeness (QED) is 0.847. The third kappa shape index (κ3) is 3.49. The molecule has 1 aromatic heterocycles. The number of hydrogen-bond donors (Lipinski definition) is 2. The highest BCUT2D eigenvalue weighted by Crippen LogP contribution is 2.22. The van der Waals surface area contributed by atoms with Crippen LogP contribution in [0.15, 0.2) is 30.3 Å². The molecule has 0 aliphatic rings. The zero-order chi connectivity index (χ0) is 15.2. The Morgan fingerprint density at radius 1 is 1.33 bits per heavy atom. The third-order valence-corrected chi connectivity index (χ3v) is 3.42. The summed E-state index contributed by atoms with van der Waals surface area (Å²) in [5.41, 5.74) is 7.80. The van der Waals surface area contributed by atoms with Crippen LogP contribution in [-0.2, 0) is 11.3 Å². The summed E-state index contributed by atoms with van der Waals surface area (Å²) in [5, 5.41) is 3.88. The largest absolute Gasteiger partial charge is 0.355 e. The highest BCUT2D eigenvalue weighted by molar-refractivity contribution is 5.85. The number of nitrogens with two attached hydrogens (primary N) is 1. The maximum absolute atomic E-state index is 11.8. The van der Waals surface area contributed by atoms with E-state index in [9.17, 15) is 4.79 Å². The molecule has 0 bridgehead atoms. The van der Waals surface area contributed by atoms with Crippen molar-refractivity contribution in [3.05, 3.63) is 35.9 Å². The third-order valence-electron chi connectivity index (χ3n) is 3.42. The minimum Gasteiger partial charge on any atom is -0.355 e. The van der Waals surface area contributed by atoms with Crippen LogP contribution in [0.4, 0.5) is 5.82 Å². The van der Waals surface area contributed by atoms with Gasteiger partial charge in [-0.05, 0) is 31.5 Å². The van der Waals surface area contributed by atoms with Crippen LogP contribution in [0, 0.1) is 0 Å². The molecule has 0 saturated heterocycles. The summed E-state index contributed by atoms with van der Waals surface area (Å²) in [7, 11) is 0. The van der Waals surface area contributed by atoms with E-state index in [1.165, 1.54) is 0 Å². The maximum Gasteiger partial charge on any atom is 0.239 e. The number of amides is 1. The van der Waals surface area contributed by atoms with Gasteiger partial charge in [-0.15, -0.1) is 0 Å². The van der Waals surface area contributed by atoms with Gasteiger partial charge in [-0.25, -0.2) is 4.98 Å². The molecule has 5 nitrogen and oxygen atoms in total. The van der Waals surface area contributed by atoms with Crippen molar-refractivity contribution in [2.75, 3.05) is 24.5 Å². The topological polar surface area (TPSA) is 71.2 Å². The highest BCUT2D eigenvalue weighted by atomic mass is 16.2. The SMILES string of the molecule is CCNC(=O)CN(CC)c1cc(CN)c2ccccc2n1. The van der Waals surface area contributed by atoms with Crippen LogP contribution in [0.3, 0.4) is 0 Å². The first-order valence-corrected chi connectivity index (χ1v) is 7.30. The molecule has 0 aliphatic heterocycles. The van der Waals surface area contributed by atoms with Crippen LogP contribution in [0.1, 0.15) is 19.4 Å². The lowest BCUT2D eigenvalue weighted by atomic mass is 10.1. The Morgan fingerprint density at radius 2 is 2.10 bits per heavy atom. The number of nitrogens with one attached hydrogen (secondary N) is 1. The summed E-state index contributed by atoms with van der Waals surface area (Å²) in [6, 6.07) is 9.91. The van der Waals surface area contributed by atoms with Crippen molar-refractivity contribution < 1.29 is 4.79 Å². The number of rotatable bonds is 6. The van der Waals surface area contributed by atoms with E-state index in [0.717, 1.165) is 22.3 Å². The fourth-order valence-electron chi connectivity index (χ4n) is 2.34. The lowest BCUT2D eigenvalue weighted by Crippen LogP contribution is -2.37. The molecule has 2 rings (SSSR count). The number of para-hydroxylation sites is 1. The van der Waals surface area contributed by atoms with Crippen LogP contribution in [0.5, 0.6) is 0 Å². The Balaban J connectivity index is 2.37. The van der Waals surface area contributed by atoms with Gasteiger partial charge in [-0.2, -0.15) is 0 Å². The lowest BCUT2D eigenvalue weighted by molar-refractivity contribution is -0.119. The molecule has 0 aliphatic carbocycles. The van der Waals surface area contributed by atoms with Crippen molar-refractivity contribution in [3.63, 3.8) is 0 Å². The number of likely N-dealkylation sites (N-methyl/N-ethyl adjacent to an activating group) is 2. The monoisotopic (exact) mass is 286 g/mol. The van der Waals surface area contributed by atoms with E-state index in [0.29, 0.717) is 26.2 Å². The molecule has 21 heavy (non-hydrogen) atoms. The van der Waals surface area contributed by atoms with Crippen LogP contribution in [0.25, 0.3) is 10.9 Å². The van der Waals surface area contributed by atoms with E-state index < -0.39 is 0 Å². The van der Waals surface area contributed by atoms with Crippen LogP contribution in [-0.4, -0.2) is 30.5 Å². The van der Waals surface area contributed by atoms with E-state index in [-0.39, 0.29) is 5.91 Å². The van der Waals surface area contributed by atoms with Gasteiger partial charge < -0.3 is 16.0 Å². The average molecular weight is 286 g/mol.